The predicted molar refractivity (Wildman–Crippen MR) is 149 cm³/mol. The number of morpholine rings is 1. The monoisotopic (exact) mass is 592 g/mol. The van der Waals surface area contributed by atoms with Crippen molar-refractivity contribution in [3.8, 4) is 5.75 Å². The number of nitrogens with zero attached hydrogens (tertiary/aromatic N) is 5. The number of ether oxygens (including phenoxy) is 2. The van der Waals surface area contributed by atoms with Gasteiger partial charge >= 0.3 is 7.82 Å². The first kappa shape index (κ1) is 29.9. The van der Waals surface area contributed by atoms with Crippen molar-refractivity contribution >= 4 is 42.7 Å². The molecule has 1 amide bonds. The van der Waals surface area contributed by atoms with Crippen LogP contribution in [0.4, 0.5) is 27.5 Å². The number of aromatic nitrogens is 2. The minimum absolute atomic E-state index is 0.00103. The number of rotatable bonds is 9. The Morgan fingerprint density at radius 3 is 2.66 bits per heavy atom. The molecule has 15 nitrogen and oxygen atoms in total. The summed E-state index contributed by atoms with van der Waals surface area (Å²) >= 11 is 0. The zero-order chi connectivity index (χ0) is 29.8. The fourth-order valence-electron chi connectivity index (χ4n) is 3.88. The molecule has 0 radical (unpaired) electrons. The van der Waals surface area contributed by atoms with Gasteiger partial charge < -0.3 is 40.5 Å². The Morgan fingerprint density at radius 1 is 1.29 bits per heavy atom. The van der Waals surface area contributed by atoms with E-state index in [4.69, 9.17) is 25.0 Å². The van der Waals surface area contributed by atoms with Crippen molar-refractivity contribution < 1.29 is 37.5 Å². The molecule has 0 saturated carbocycles. The molecule has 0 bridgehead atoms. The summed E-state index contributed by atoms with van der Waals surface area (Å²) in [5.74, 6) is -1.14. The molecule has 4 heterocycles. The summed E-state index contributed by atoms with van der Waals surface area (Å²) in [6.45, 7) is 8.68. The van der Waals surface area contributed by atoms with E-state index in [-0.39, 0.29) is 29.0 Å². The van der Waals surface area contributed by atoms with Crippen LogP contribution in [0, 0.1) is 0 Å². The normalized spacial score (nSPS) is 17.5. The van der Waals surface area contributed by atoms with E-state index in [1.807, 2.05) is 6.07 Å². The average molecular weight is 593 g/mol. The number of nitrogens with one attached hydrogen (secondary N) is 2. The Bertz CT molecular complexity index is 1410. The first-order chi connectivity index (χ1) is 19.4. The van der Waals surface area contributed by atoms with Gasteiger partial charge in [0, 0.05) is 19.3 Å². The third-order valence-corrected chi connectivity index (χ3v) is 6.26. The Balaban J connectivity index is 1.53. The fourth-order valence-corrected chi connectivity index (χ4v) is 4.15. The van der Waals surface area contributed by atoms with E-state index in [9.17, 15) is 13.8 Å². The molecular weight excluding hydrogens is 562 g/mol. The van der Waals surface area contributed by atoms with Crippen LogP contribution in [0.15, 0.2) is 59.9 Å². The minimum Gasteiger partial charge on any atom is -0.474 e. The van der Waals surface area contributed by atoms with Crippen LogP contribution in [0.2, 0.25) is 0 Å². The van der Waals surface area contributed by atoms with Crippen LogP contribution in [0.5, 0.6) is 5.75 Å². The average Bonchev–Trinajstić information content (AvgIpc) is 2.93. The van der Waals surface area contributed by atoms with Crippen LogP contribution in [0.3, 0.4) is 0 Å². The van der Waals surface area contributed by atoms with Gasteiger partial charge in [0.1, 0.15) is 24.2 Å². The fraction of sp³-hybridized carbons (Fsp3) is 0.333. The van der Waals surface area contributed by atoms with Gasteiger partial charge in [0.2, 0.25) is 0 Å². The third-order valence-electron chi connectivity index (χ3n) is 5.81. The lowest BCUT2D eigenvalue weighted by molar-refractivity contribution is -0.133. The number of hydrogen-bond acceptors (Lipinski definition) is 11. The molecule has 2 aliphatic heterocycles. The number of carbonyl (C=O) groups excluding carboxylic acids is 1. The van der Waals surface area contributed by atoms with Gasteiger partial charge in [0.25, 0.3) is 5.91 Å². The lowest BCUT2D eigenvalue weighted by Gasteiger charge is -2.37. The molecule has 0 unspecified atom stereocenters. The molecule has 41 heavy (non-hydrogen) atoms. The number of pyridine rings is 2. The van der Waals surface area contributed by atoms with E-state index in [0.29, 0.717) is 25.1 Å². The van der Waals surface area contributed by atoms with Crippen LogP contribution < -0.4 is 30.9 Å². The molecule has 2 aromatic rings. The standard InChI is InChI=1S/C24H30FN8O7P/c1-15(28-16-4-7-20(27-13-16)32-8-10-38-11-9-32)29-21(17(25)12-26)30-19-6-5-18-22(31-19)33(14-39-41(35,36)37)23(34)24(2,3)40-18/h4-7,12-13,28H,1,8-11,14,26H2,2-3H3,(H,29,30,31)(H2,35,36,37)/b17-12+. The van der Waals surface area contributed by atoms with Crippen molar-refractivity contribution in [2.24, 2.45) is 10.7 Å². The van der Waals surface area contributed by atoms with E-state index >= 15 is 0 Å². The number of nitrogens with two attached hydrogens (primary N) is 1. The zero-order valence-corrected chi connectivity index (χ0v) is 23.2. The summed E-state index contributed by atoms with van der Waals surface area (Å²) < 4.78 is 41.5. The van der Waals surface area contributed by atoms with Crippen molar-refractivity contribution in [1.29, 1.82) is 0 Å². The quantitative estimate of drug-likeness (QED) is 0.161. The van der Waals surface area contributed by atoms with Gasteiger partial charge in [-0.1, -0.05) is 6.58 Å². The van der Waals surface area contributed by atoms with E-state index in [0.717, 1.165) is 23.8 Å². The maximum atomic E-state index is 14.7. The first-order valence-electron chi connectivity index (χ1n) is 12.3. The number of phosphoric ester groups is 1. The molecule has 220 valence electrons. The summed E-state index contributed by atoms with van der Waals surface area (Å²) in [4.78, 5) is 47.0. The molecule has 0 atom stereocenters. The van der Waals surface area contributed by atoms with Crippen molar-refractivity contribution in [3.05, 3.63) is 54.9 Å². The number of phosphoric acid groups is 1. The summed E-state index contributed by atoms with van der Waals surface area (Å²) in [6, 6.07) is 6.47. The molecule has 4 rings (SSSR count). The highest BCUT2D eigenvalue weighted by Gasteiger charge is 2.42. The number of carbonyl (C=O) groups is 1. The van der Waals surface area contributed by atoms with Crippen LogP contribution in [-0.2, 0) is 18.6 Å². The molecule has 1 saturated heterocycles. The van der Waals surface area contributed by atoms with Gasteiger partial charge in [0.05, 0.1) is 25.1 Å². The maximum Gasteiger partial charge on any atom is 0.471 e. The molecule has 2 aromatic heterocycles. The second kappa shape index (κ2) is 12.2. The molecule has 6 N–H and O–H groups in total. The van der Waals surface area contributed by atoms with Crippen molar-refractivity contribution in [1.82, 2.24) is 9.97 Å². The molecule has 0 aromatic carbocycles. The van der Waals surface area contributed by atoms with Crippen molar-refractivity contribution in [2.75, 3.05) is 53.5 Å². The summed E-state index contributed by atoms with van der Waals surface area (Å²) in [7, 11) is -4.92. The smallest absolute Gasteiger partial charge is 0.471 e. The van der Waals surface area contributed by atoms with Crippen LogP contribution in [-0.4, -0.2) is 70.1 Å². The Morgan fingerprint density at radius 2 is 2.02 bits per heavy atom. The first-order valence-corrected chi connectivity index (χ1v) is 13.8. The van der Waals surface area contributed by atoms with Crippen LogP contribution >= 0.6 is 7.82 Å². The molecule has 2 aliphatic rings. The number of hydrogen-bond donors (Lipinski definition) is 5. The van der Waals surface area contributed by atoms with E-state index in [1.165, 1.54) is 26.0 Å². The number of halogens is 1. The number of fused-ring (bicyclic) bond motifs is 1. The number of anilines is 4. The Hall–Kier alpha value is -4.08. The second-order valence-corrected chi connectivity index (χ2v) is 10.5. The highest BCUT2D eigenvalue weighted by molar-refractivity contribution is 7.46. The van der Waals surface area contributed by atoms with E-state index in [1.54, 1.807) is 12.3 Å². The molecule has 17 heteroatoms. The molecule has 0 spiro atoms. The summed E-state index contributed by atoms with van der Waals surface area (Å²) in [5.41, 5.74) is 4.57. The SMILES string of the molecule is C=C(/N=C(Nc1ccc2c(n1)N(COP(=O)(O)O)C(=O)C(C)(C)O2)\C(F)=C/N)Nc1ccc(N2CCOCC2)nc1. The van der Waals surface area contributed by atoms with Crippen LogP contribution in [0.25, 0.3) is 0 Å². The lowest BCUT2D eigenvalue weighted by atomic mass is 10.1. The maximum absolute atomic E-state index is 14.7. The molecule has 0 aliphatic carbocycles. The molecular formula is C24H30FN8O7P. The van der Waals surface area contributed by atoms with Gasteiger partial charge in [-0.15, -0.1) is 0 Å². The topological polar surface area (TPSA) is 197 Å². The van der Waals surface area contributed by atoms with Gasteiger partial charge in [-0.2, -0.15) is 0 Å². The highest BCUT2D eigenvalue weighted by Crippen LogP contribution is 2.41. The third kappa shape index (κ3) is 7.56. The summed E-state index contributed by atoms with van der Waals surface area (Å²) in [5, 5.41) is 5.59. The highest BCUT2D eigenvalue weighted by atomic mass is 31.2. The number of amidine groups is 1. The Labute approximate surface area is 234 Å². The van der Waals surface area contributed by atoms with Crippen molar-refractivity contribution in [2.45, 2.75) is 19.4 Å². The van der Waals surface area contributed by atoms with Crippen LogP contribution in [0.1, 0.15) is 13.8 Å². The second-order valence-electron chi connectivity index (χ2n) is 9.29. The zero-order valence-electron chi connectivity index (χ0n) is 22.3. The number of aliphatic imine (C=N–C) groups is 1. The van der Waals surface area contributed by atoms with Gasteiger partial charge in [-0.3, -0.25) is 14.2 Å². The van der Waals surface area contributed by atoms with Gasteiger partial charge in [-0.05, 0) is 38.1 Å². The largest absolute Gasteiger partial charge is 0.474 e. The van der Waals surface area contributed by atoms with Gasteiger partial charge in [-0.25, -0.2) is 23.9 Å². The van der Waals surface area contributed by atoms with Crippen molar-refractivity contribution in [3.63, 3.8) is 0 Å². The minimum atomic E-state index is -4.92. The predicted octanol–water partition coefficient (Wildman–Crippen LogP) is 2.05. The Kier molecular flexibility index (Phi) is 8.89. The lowest BCUT2D eigenvalue weighted by Crippen LogP contribution is -2.53. The number of amides is 1. The van der Waals surface area contributed by atoms with Gasteiger partial charge in [0.15, 0.2) is 28.8 Å². The molecule has 1 fully saturated rings. The van der Waals surface area contributed by atoms with E-state index < -0.39 is 31.9 Å². The summed E-state index contributed by atoms with van der Waals surface area (Å²) in [6.07, 6.45) is 2.27. The van der Waals surface area contributed by atoms with E-state index in [2.05, 4.69) is 41.6 Å².